The van der Waals surface area contributed by atoms with Crippen molar-refractivity contribution in [2.75, 3.05) is 7.11 Å². The highest BCUT2D eigenvalue weighted by Gasteiger charge is 2.15. The van der Waals surface area contributed by atoms with E-state index < -0.39 is 11.6 Å². The molecule has 0 aliphatic rings. The summed E-state index contributed by atoms with van der Waals surface area (Å²) in [5, 5.41) is 1.46. The van der Waals surface area contributed by atoms with Gasteiger partial charge in [-0.05, 0) is 6.07 Å². The first-order chi connectivity index (χ1) is 10.1. The van der Waals surface area contributed by atoms with E-state index in [4.69, 9.17) is 13.9 Å². The Hall–Kier alpha value is -2.89. The van der Waals surface area contributed by atoms with Gasteiger partial charge in [0.2, 0.25) is 0 Å². The summed E-state index contributed by atoms with van der Waals surface area (Å²) in [6.07, 6.45) is 2.98. The molecule has 0 radical (unpaired) electrons. The third kappa shape index (κ3) is 2.20. The molecule has 2 heterocycles. The van der Waals surface area contributed by atoms with Gasteiger partial charge in [-0.2, -0.15) is 0 Å². The normalized spacial score (nSPS) is 10.8. The molecule has 0 aliphatic heterocycles. The predicted molar refractivity (Wildman–Crippen MR) is 75.6 cm³/mol. The fourth-order valence-corrected chi connectivity index (χ4v) is 2.19. The van der Waals surface area contributed by atoms with Gasteiger partial charge in [0.05, 0.1) is 17.9 Å². The number of rotatable bonds is 2. The Balaban J connectivity index is 2.50. The lowest BCUT2D eigenvalue weighted by atomic mass is 10.1. The van der Waals surface area contributed by atoms with E-state index >= 15 is 0 Å². The van der Waals surface area contributed by atoms with Crippen LogP contribution >= 0.6 is 0 Å². The summed E-state index contributed by atoms with van der Waals surface area (Å²) >= 11 is 0. The number of carbonyl (C=O) groups excluding carboxylic acids is 1. The Bertz CT molecular complexity index is 913. The topological polar surface area (TPSA) is 78.6 Å². The van der Waals surface area contributed by atoms with E-state index in [1.165, 1.54) is 20.2 Å². The fraction of sp³-hybridized carbons (Fsp3) is 0.133. The zero-order chi connectivity index (χ0) is 15.0. The van der Waals surface area contributed by atoms with Gasteiger partial charge < -0.3 is 13.9 Å². The van der Waals surface area contributed by atoms with Crippen molar-refractivity contribution in [3.63, 3.8) is 0 Å². The van der Waals surface area contributed by atoms with Crippen LogP contribution in [-0.4, -0.2) is 18.1 Å². The minimum atomic E-state index is -0.507. The van der Waals surface area contributed by atoms with E-state index in [1.807, 2.05) is 0 Å². The molecule has 1 aromatic carbocycles. The number of fused-ring (bicyclic) bond motifs is 3. The lowest BCUT2D eigenvalue weighted by molar-refractivity contribution is -0.131. The van der Waals surface area contributed by atoms with Gasteiger partial charge >= 0.3 is 11.6 Å². The van der Waals surface area contributed by atoms with Gasteiger partial charge in [-0.25, -0.2) is 4.79 Å². The summed E-state index contributed by atoms with van der Waals surface area (Å²) in [5.41, 5.74) is -0.220. The molecule has 0 saturated carbocycles. The number of methoxy groups -OCH3 is 1. The SMILES string of the molecule is COc1cc(OC(C)=O)c2c(c1)oc(=O)c1cnccc12. The highest BCUT2D eigenvalue weighted by molar-refractivity contribution is 6.08. The molecule has 0 N–H and O–H groups in total. The predicted octanol–water partition coefficient (Wildman–Crippen LogP) is 2.28. The first-order valence-electron chi connectivity index (χ1n) is 6.17. The third-order valence-corrected chi connectivity index (χ3v) is 3.04. The number of hydrogen-bond donors (Lipinski definition) is 0. The number of pyridine rings is 1. The van der Waals surface area contributed by atoms with Crippen LogP contribution in [0.2, 0.25) is 0 Å². The maximum absolute atomic E-state index is 12.0. The molecule has 0 saturated heterocycles. The molecule has 21 heavy (non-hydrogen) atoms. The summed E-state index contributed by atoms with van der Waals surface area (Å²) < 4.78 is 15.6. The molecule has 0 spiro atoms. The van der Waals surface area contributed by atoms with Gasteiger partial charge in [0, 0.05) is 36.8 Å². The lowest BCUT2D eigenvalue weighted by Gasteiger charge is -2.10. The molecule has 0 fully saturated rings. The van der Waals surface area contributed by atoms with Crippen molar-refractivity contribution in [1.82, 2.24) is 4.98 Å². The maximum atomic E-state index is 12.0. The smallest absolute Gasteiger partial charge is 0.345 e. The zero-order valence-corrected chi connectivity index (χ0v) is 11.4. The number of ether oxygens (including phenoxy) is 2. The molecule has 2 aromatic heterocycles. The molecule has 0 bridgehead atoms. The second-order valence-corrected chi connectivity index (χ2v) is 4.40. The molecule has 3 aromatic rings. The van der Waals surface area contributed by atoms with Crippen LogP contribution in [0.3, 0.4) is 0 Å². The van der Waals surface area contributed by atoms with Gasteiger partial charge in [0.15, 0.2) is 0 Å². The molecule has 106 valence electrons. The first-order valence-corrected chi connectivity index (χ1v) is 6.17. The van der Waals surface area contributed by atoms with Crippen molar-refractivity contribution in [3.05, 3.63) is 41.0 Å². The number of carbonyl (C=O) groups is 1. The van der Waals surface area contributed by atoms with Gasteiger partial charge in [0.1, 0.15) is 17.1 Å². The Kier molecular flexibility index (Phi) is 3.06. The van der Waals surface area contributed by atoms with Crippen molar-refractivity contribution in [2.45, 2.75) is 6.92 Å². The fourth-order valence-electron chi connectivity index (χ4n) is 2.19. The summed E-state index contributed by atoms with van der Waals surface area (Å²) in [5.74, 6) is 0.227. The molecule has 0 unspecified atom stereocenters. The molecule has 0 amide bonds. The molecular weight excluding hydrogens is 274 g/mol. The number of nitrogens with zero attached hydrogens (tertiary/aromatic N) is 1. The number of esters is 1. The van der Waals surface area contributed by atoms with Crippen molar-refractivity contribution in [1.29, 1.82) is 0 Å². The van der Waals surface area contributed by atoms with Crippen LogP contribution in [-0.2, 0) is 4.79 Å². The second-order valence-electron chi connectivity index (χ2n) is 4.40. The van der Waals surface area contributed by atoms with E-state index in [0.29, 0.717) is 21.9 Å². The van der Waals surface area contributed by atoms with Crippen LogP contribution in [0.25, 0.3) is 21.7 Å². The van der Waals surface area contributed by atoms with E-state index in [1.54, 1.807) is 24.4 Å². The van der Waals surface area contributed by atoms with E-state index in [0.717, 1.165) is 0 Å². The highest BCUT2D eigenvalue weighted by Crippen LogP contribution is 2.35. The largest absolute Gasteiger partial charge is 0.496 e. The van der Waals surface area contributed by atoms with Gasteiger partial charge in [-0.1, -0.05) is 0 Å². The Morgan fingerprint density at radius 3 is 2.81 bits per heavy atom. The van der Waals surface area contributed by atoms with Crippen molar-refractivity contribution < 1.29 is 18.7 Å². The van der Waals surface area contributed by atoms with Crippen LogP contribution in [0.15, 0.2) is 39.8 Å². The molecule has 0 atom stereocenters. The molecule has 0 aliphatic carbocycles. The quantitative estimate of drug-likeness (QED) is 0.311. The monoisotopic (exact) mass is 285 g/mol. The average Bonchev–Trinajstić information content (AvgIpc) is 2.46. The van der Waals surface area contributed by atoms with Crippen LogP contribution in [0.1, 0.15) is 6.92 Å². The summed E-state index contributed by atoms with van der Waals surface area (Å²) in [6.45, 7) is 1.30. The van der Waals surface area contributed by atoms with Gasteiger partial charge in [-0.15, -0.1) is 0 Å². The van der Waals surface area contributed by atoms with Gasteiger partial charge in [0.25, 0.3) is 0 Å². The summed E-state index contributed by atoms with van der Waals surface area (Å²) in [7, 11) is 1.47. The Labute approximate surface area is 118 Å². The number of benzene rings is 1. The molecule has 3 rings (SSSR count). The summed E-state index contributed by atoms with van der Waals surface area (Å²) in [6, 6.07) is 4.82. The van der Waals surface area contributed by atoms with E-state index in [9.17, 15) is 9.59 Å². The van der Waals surface area contributed by atoms with E-state index in [2.05, 4.69) is 4.98 Å². The first kappa shape index (κ1) is 13.1. The standard InChI is InChI=1S/C15H11NO5/c1-8(17)20-12-5-9(19-2)6-13-14(12)10-3-4-16-7-11(10)15(18)21-13/h3-7H,1-2H3. The van der Waals surface area contributed by atoms with Crippen LogP contribution < -0.4 is 15.1 Å². The highest BCUT2D eigenvalue weighted by atomic mass is 16.5. The Morgan fingerprint density at radius 1 is 1.29 bits per heavy atom. The van der Waals surface area contributed by atoms with Crippen LogP contribution in [0, 0.1) is 0 Å². The third-order valence-electron chi connectivity index (χ3n) is 3.04. The van der Waals surface area contributed by atoms with Crippen molar-refractivity contribution in [3.8, 4) is 11.5 Å². The van der Waals surface area contributed by atoms with Crippen LogP contribution in [0.5, 0.6) is 11.5 Å². The summed E-state index contributed by atoms with van der Waals surface area (Å²) in [4.78, 5) is 27.2. The molecular formula is C15H11NO5. The lowest BCUT2D eigenvalue weighted by Crippen LogP contribution is -2.05. The number of hydrogen-bond acceptors (Lipinski definition) is 6. The molecule has 6 heteroatoms. The van der Waals surface area contributed by atoms with E-state index in [-0.39, 0.29) is 11.3 Å². The molecule has 6 nitrogen and oxygen atoms in total. The van der Waals surface area contributed by atoms with Crippen molar-refractivity contribution in [2.24, 2.45) is 0 Å². The van der Waals surface area contributed by atoms with Crippen LogP contribution in [0.4, 0.5) is 0 Å². The Morgan fingerprint density at radius 2 is 2.10 bits per heavy atom. The van der Waals surface area contributed by atoms with Gasteiger partial charge in [-0.3, -0.25) is 9.78 Å². The second kappa shape index (κ2) is 4.90. The number of aromatic nitrogens is 1. The average molecular weight is 285 g/mol. The zero-order valence-electron chi connectivity index (χ0n) is 11.4. The minimum absolute atomic E-state index is 0.275. The van der Waals surface area contributed by atoms with Crippen molar-refractivity contribution >= 4 is 27.7 Å². The maximum Gasteiger partial charge on any atom is 0.345 e. The minimum Gasteiger partial charge on any atom is -0.496 e.